The molecule has 0 saturated carbocycles. The summed E-state index contributed by atoms with van der Waals surface area (Å²) < 4.78 is 40.3. The number of rotatable bonds is 9. The number of amides is 1. The number of hydrogen-bond acceptors (Lipinski definition) is 7. The number of hydrogen-bond donors (Lipinski definition) is 1. The Labute approximate surface area is 253 Å². The van der Waals surface area contributed by atoms with Crippen LogP contribution in [0.25, 0.3) is 5.69 Å². The lowest BCUT2D eigenvalue weighted by Crippen LogP contribution is -2.25. The minimum Gasteiger partial charge on any atom is -0.348 e. The number of nitriles is 1. The first kappa shape index (κ1) is 30.1. The van der Waals surface area contributed by atoms with E-state index in [1.807, 2.05) is 36.4 Å². The minimum absolute atomic E-state index is 0.0589. The molecular formula is C30H22ClF3N8O2. The van der Waals surface area contributed by atoms with Gasteiger partial charge < -0.3 is 5.32 Å². The van der Waals surface area contributed by atoms with Crippen molar-refractivity contribution in [1.82, 2.24) is 35.3 Å². The number of carbonyl (C=O) groups excluding carboxylic acids is 2. The molecule has 44 heavy (non-hydrogen) atoms. The topological polar surface area (TPSA) is 131 Å². The molecule has 222 valence electrons. The summed E-state index contributed by atoms with van der Waals surface area (Å²) in [5, 5.41) is 26.9. The van der Waals surface area contributed by atoms with Gasteiger partial charge in [-0.1, -0.05) is 54.1 Å². The fraction of sp³-hybridized carbons (Fsp3) is 0.167. The molecule has 0 aliphatic rings. The summed E-state index contributed by atoms with van der Waals surface area (Å²) in [6, 6.07) is 22.3. The number of carbonyl (C=O) groups is 2. The number of ketones is 1. The molecule has 2 aromatic heterocycles. The van der Waals surface area contributed by atoms with Crippen LogP contribution in [0, 0.1) is 18.3 Å². The van der Waals surface area contributed by atoms with E-state index < -0.39 is 23.7 Å². The van der Waals surface area contributed by atoms with E-state index in [1.54, 1.807) is 37.3 Å². The molecule has 3 aromatic carbocycles. The highest BCUT2D eigenvalue weighted by molar-refractivity contribution is 6.32. The summed E-state index contributed by atoms with van der Waals surface area (Å²) in [5.41, 5.74) is 2.82. The second-order valence-electron chi connectivity index (χ2n) is 9.72. The molecule has 0 aliphatic carbocycles. The lowest BCUT2D eigenvalue weighted by molar-refractivity contribution is -0.145. The number of alkyl halides is 3. The van der Waals surface area contributed by atoms with E-state index in [-0.39, 0.29) is 47.0 Å². The molecule has 10 nitrogen and oxygen atoms in total. The van der Waals surface area contributed by atoms with Crippen molar-refractivity contribution in [2.75, 3.05) is 0 Å². The predicted octanol–water partition coefficient (Wildman–Crippen LogP) is 5.11. The van der Waals surface area contributed by atoms with Crippen molar-refractivity contribution in [1.29, 1.82) is 5.26 Å². The number of nitrogens with one attached hydrogen (secondary N) is 1. The van der Waals surface area contributed by atoms with Gasteiger partial charge in [-0.3, -0.25) is 9.59 Å². The van der Waals surface area contributed by atoms with Gasteiger partial charge in [-0.05, 0) is 59.2 Å². The zero-order valence-corrected chi connectivity index (χ0v) is 23.8. The lowest BCUT2D eigenvalue weighted by Gasteiger charge is -2.14. The van der Waals surface area contributed by atoms with Crippen molar-refractivity contribution in [2.24, 2.45) is 0 Å². The van der Waals surface area contributed by atoms with Crippen LogP contribution in [-0.4, -0.2) is 41.7 Å². The average molecular weight is 619 g/mol. The van der Waals surface area contributed by atoms with Crippen LogP contribution in [0.3, 0.4) is 0 Å². The number of aromatic nitrogens is 6. The highest BCUT2D eigenvalue weighted by atomic mass is 35.5. The number of benzene rings is 3. The van der Waals surface area contributed by atoms with Crippen molar-refractivity contribution in [3.63, 3.8) is 0 Å². The first-order valence-corrected chi connectivity index (χ1v) is 13.5. The van der Waals surface area contributed by atoms with Gasteiger partial charge in [0, 0.05) is 18.5 Å². The Kier molecular flexibility index (Phi) is 8.54. The van der Waals surface area contributed by atoms with Gasteiger partial charge in [0.25, 0.3) is 11.7 Å². The number of Topliss-reactive ketones (excluding diaryl/α,β-unsaturated/α-hetero) is 1. The summed E-state index contributed by atoms with van der Waals surface area (Å²) in [7, 11) is 0. The van der Waals surface area contributed by atoms with Crippen molar-refractivity contribution in [2.45, 2.75) is 32.6 Å². The molecular weight excluding hydrogens is 597 g/mol. The fourth-order valence-electron chi connectivity index (χ4n) is 4.53. The maximum atomic E-state index is 13.9. The van der Waals surface area contributed by atoms with Crippen LogP contribution in [0.4, 0.5) is 13.2 Å². The van der Waals surface area contributed by atoms with Crippen molar-refractivity contribution >= 4 is 23.3 Å². The Morgan fingerprint density at radius 2 is 1.75 bits per heavy atom. The molecule has 0 unspecified atom stereocenters. The van der Waals surface area contributed by atoms with Crippen LogP contribution >= 0.6 is 11.6 Å². The van der Waals surface area contributed by atoms with E-state index in [1.165, 1.54) is 16.8 Å². The van der Waals surface area contributed by atoms with Crippen molar-refractivity contribution in [3.05, 3.63) is 123 Å². The van der Waals surface area contributed by atoms with E-state index in [9.17, 15) is 28.0 Å². The number of aryl methyl sites for hydroxylation is 1. The molecule has 5 aromatic rings. The molecule has 0 saturated heterocycles. The molecule has 0 fully saturated rings. The Balaban J connectivity index is 1.49. The molecule has 0 atom stereocenters. The second-order valence-corrected chi connectivity index (χ2v) is 10.1. The number of tetrazole rings is 1. The number of para-hydroxylation sites is 1. The quantitative estimate of drug-likeness (QED) is 0.227. The normalized spacial score (nSPS) is 11.3. The Morgan fingerprint density at radius 1 is 1.02 bits per heavy atom. The van der Waals surface area contributed by atoms with Crippen LogP contribution in [0.5, 0.6) is 0 Å². The maximum absolute atomic E-state index is 13.9. The first-order valence-electron chi connectivity index (χ1n) is 13.1. The molecule has 0 aliphatic heterocycles. The zero-order valence-electron chi connectivity index (χ0n) is 23.0. The molecule has 2 heterocycles. The molecule has 14 heteroatoms. The highest BCUT2D eigenvalue weighted by Crippen LogP contribution is 2.26. The Hall–Kier alpha value is -5.35. The van der Waals surface area contributed by atoms with Gasteiger partial charge in [0.1, 0.15) is 12.2 Å². The molecule has 5 rings (SSSR count). The van der Waals surface area contributed by atoms with E-state index in [2.05, 4.69) is 25.8 Å². The summed E-state index contributed by atoms with van der Waals surface area (Å²) in [6.07, 6.45) is -5.03. The molecule has 0 radical (unpaired) electrons. The van der Waals surface area contributed by atoms with Gasteiger partial charge >= 0.3 is 6.18 Å². The average Bonchev–Trinajstić information content (AvgIpc) is 3.65. The largest absolute Gasteiger partial charge is 0.455 e. The van der Waals surface area contributed by atoms with Gasteiger partial charge in [0.05, 0.1) is 28.0 Å². The highest BCUT2D eigenvalue weighted by Gasteiger charge is 2.37. The molecule has 1 amide bonds. The molecule has 0 spiro atoms. The third-order valence-corrected chi connectivity index (χ3v) is 6.94. The fourth-order valence-corrected chi connectivity index (χ4v) is 4.74. The Morgan fingerprint density at radius 3 is 2.43 bits per heavy atom. The molecule has 0 bridgehead atoms. The summed E-state index contributed by atoms with van der Waals surface area (Å²) in [4.78, 5) is 27.9. The third kappa shape index (κ3) is 6.66. The van der Waals surface area contributed by atoms with E-state index in [0.717, 1.165) is 10.4 Å². The number of nitrogens with zero attached hydrogens (tertiary/aromatic N) is 7. The smallest absolute Gasteiger partial charge is 0.348 e. The maximum Gasteiger partial charge on any atom is 0.455 e. The van der Waals surface area contributed by atoms with Crippen LogP contribution < -0.4 is 5.32 Å². The predicted molar refractivity (Wildman–Crippen MR) is 152 cm³/mol. The van der Waals surface area contributed by atoms with Crippen LogP contribution in [0.15, 0.2) is 72.8 Å². The standard InChI is InChI=1S/C30H22ClF3N8O2/c1-18-11-20(15-35)12-23(28(44)36-16-19-7-3-2-4-8-19)22(18)14-27(43)26-13-21(17-41-39-29(37-40-41)30(32,33)34)38-42(26)25-10-6-5-9-24(25)31/h2-13H,14,16-17H2,1H3,(H,36,44). The van der Waals surface area contributed by atoms with Crippen molar-refractivity contribution in [3.8, 4) is 11.8 Å². The minimum atomic E-state index is -4.78. The Bertz CT molecular complexity index is 1890. The van der Waals surface area contributed by atoms with Gasteiger partial charge in [0.15, 0.2) is 5.78 Å². The van der Waals surface area contributed by atoms with Gasteiger partial charge in [-0.25, -0.2) is 4.68 Å². The van der Waals surface area contributed by atoms with E-state index >= 15 is 0 Å². The summed E-state index contributed by atoms with van der Waals surface area (Å²) >= 11 is 6.41. The van der Waals surface area contributed by atoms with Crippen LogP contribution in [0.2, 0.25) is 5.02 Å². The summed E-state index contributed by atoms with van der Waals surface area (Å²) in [5.74, 6) is -2.33. The van der Waals surface area contributed by atoms with Gasteiger partial charge in [-0.2, -0.15) is 28.3 Å². The summed E-state index contributed by atoms with van der Waals surface area (Å²) in [6.45, 7) is 1.62. The SMILES string of the molecule is Cc1cc(C#N)cc(C(=O)NCc2ccccc2)c1CC(=O)c1cc(Cn2nnc(C(F)(F)F)n2)nn1-c1ccccc1Cl. The van der Waals surface area contributed by atoms with E-state index in [4.69, 9.17) is 11.6 Å². The van der Waals surface area contributed by atoms with Gasteiger partial charge in [-0.15, -0.1) is 10.2 Å². The van der Waals surface area contributed by atoms with Crippen LogP contribution in [-0.2, 0) is 25.7 Å². The van der Waals surface area contributed by atoms with Crippen molar-refractivity contribution < 1.29 is 22.8 Å². The number of halogens is 4. The third-order valence-electron chi connectivity index (χ3n) is 6.62. The molecule has 1 N–H and O–H groups in total. The van der Waals surface area contributed by atoms with E-state index in [0.29, 0.717) is 16.8 Å². The van der Waals surface area contributed by atoms with Crippen LogP contribution in [0.1, 0.15) is 54.6 Å². The zero-order chi connectivity index (χ0) is 31.4. The van der Waals surface area contributed by atoms with Gasteiger partial charge in [0.2, 0.25) is 0 Å². The second kappa shape index (κ2) is 12.5. The lowest BCUT2D eigenvalue weighted by atomic mass is 9.93. The monoisotopic (exact) mass is 618 g/mol. The first-order chi connectivity index (χ1) is 21.0.